The van der Waals surface area contributed by atoms with Crippen LogP contribution in [-0.2, 0) is 11.3 Å². The molecular formula is C24H22N6O3. The van der Waals surface area contributed by atoms with Crippen LogP contribution < -0.4 is 15.4 Å². The van der Waals surface area contributed by atoms with Crippen molar-refractivity contribution in [1.29, 1.82) is 0 Å². The number of methoxy groups -OCH3 is 1. The Hall–Kier alpha value is -4.53. The normalized spacial score (nSPS) is 10.5. The standard InChI is InChI=1S/C24H22N6O3/c1-16-7-9-17(10-8-16)24(32)26-21-6-4-3-5-20(21)23-27-29-30(28-23)15-22(31)25-18-11-13-19(33-2)14-12-18/h3-14H,15H2,1-2H3,(H,25,31)(H,26,32). The van der Waals surface area contributed by atoms with Gasteiger partial charge >= 0.3 is 0 Å². The Kier molecular flexibility index (Phi) is 6.40. The Labute approximate surface area is 190 Å². The van der Waals surface area contributed by atoms with E-state index >= 15 is 0 Å². The molecule has 33 heavy (non-hydrogen) atoms. The van der Waals surface area contributed by atoms with Crippen molar-refractivity contribution in [3.8, 4) is 17.1 Å². The fraction of sp³-hybridized carbons (Fsp3) is 0.125. The molecule has 0 bridgehead atoms. The van der Waals surface area contributed by atoms with Crippen LogP contribution in [0, 0.1) is 6.92 Å². The van der Waals surface area contributed by atoms with Gasteiger partial charge in [0.2, 0.25) is 11.7 Å². The number of rotatable bonds is 7. The predicted octanol–water partition coefficient (Wildman–Crippen LogP) is 3.55. The van der Waals surface area contributed by atoms with Crippen LogP contribution in [0.4, 0.5) is 11.4 Å². The van der Waals surface area contributed by atoms with Crippen LogP contribution in [0.2, 0.25) is 0 Å². The monoisotopic (exact) mass is 442 g/mol. The Morgan fingerprint density at radius 1 is 0.939 bits per heavy atom. The topological polar surface area (TPSA) is 111 Å². The summed E-state index contributed by atoms with van der Waals surface area (Å²) in [7, 11) is 1.58. The van der Waals surface area contributed by atoms with Gasteiger partial charge in [0, 0.05) is 16.8 Å². The molecule has 0 radical (unpaired) electrons. The molecule has 0 unspecified atom stereocenters. The van der Waals surface area contributed by atoms with Crippen LogP contribution in [0.3, 0.4) is 0 Å². The zero-order chi connectivity index (χ0) is 23.2. The number of para-hydroxylation sites is 1. The minimum atomic E-state index is -0.301. The zero-order valence-corrected chi connectivity index (χ0v) is 18.1. The molecule has 9 nitrogen and oxygen atoms in total. The lowest BCUT2D eigenvalue weighted by Gasteiger charge is -2.09. The summed E-state index contributed by atoms with van der Waals surface area (Å²) in [6.45, 7) is 1.85. The highest BCUT2D eigenvalue weighted by atomic mass is 16.5. The molecule has 0 fully saturated rings. The number of benzene rings is 3. The molecule has 0 spiro atoms. The van der Waals surface area contributed by atoms with Crippen LogP contribution in [0.1, 0.15) is 15.9 Å². The van der Waals surface area contributed by atoms with Crippen LogP contribution in [0.5, 0.6) is 5.75 Å². The fourth-order valence-electron chi connectivity index (χ4n) is 3.11. The van der Waals surface area contributed by atoms with Crippen LogP contribution >= 0.6 is 0 Å². The number of ether oxygens (including phenoxy) is 1. The summed E-state index contributed by atoms with van der Waals surface area (Å²) in [6, 6.07) is 21.4. The Bertz CT molecular complexity index is 1270. The molecular weight excluding hydrogens is 420 g/mol. The third kappa shape index (κ3) is 5.40. The van der Waals surface area contributed by atoms with E-state index in [4.69, 9.17) is 4.74 Å². The first-order valence-corrected chi connectivity index (χ1v) is 10.2. The maximum absolute atomic E-state index is 12.6. The maximum atomic E-state index is 12.6. The minimum absolute atomic E-state index is 0.114. The molecule has 0 aliphatic heterocycles. The molecule has 0 aliphatic rings. The summed E-state index contributed by atoms with van der Waals surface area (Å²) in [5, 5.41) is 18.0. The summed E-state index contributed by atoms with van der Waals surface area (Å²) in [6.07, 6.45) is 0. The van der Waals surface area contributed by atoms with E-state index in [0.717, 1.165) is 5.56 Å². The first-order valence-electron chi connectivity index (χ1n) is 10.2. The number of aryl methyl sites for hydroxylation is 1. The number of hydrogen-bond acceptors (Lipinski definition) is 6. The van der Waals surface area contributed by atoms with Crippen molar-refractivity contribution in [2.75, 3.05) is 17.7 Å². The highest BCUT2D eigenvalue weighted by molar-refractivity contribution is 6.06. The van der Waals surface area contributed by atoms with Crippen LogP contribution in [0.25, 0.3) is 11.4 Å². The lowest BCUT2D eigenvalue weighted by molar-refractivity contribution is -0.117. The third-order valence-corrected chi connectivity index (χ3v) is 4.84. The predicted molar refractivity (Wildman–Crippen MR) is 124 cm³/mol. The number of nitrogens with one attached hydrogen (secondary N) is 2. The number of amides is 2. The van der Waals surface area contributed by atoms with Crippen molar-refractivity contribution in [2.24, 2.45) is 0 Å². The molecule has 3 aromatic carbocycles. The van der Waals surface area contributed by atoms with Gasteiger partial charge in [-0.15, -0.1) is 10.2 Å². The highest BCUT2D eigenvalue weighted by Gasteiger charge is 2.15. The van der Waals surface area contributed by atoms with Gasteiger partial charge in [0.1, 0.15) is 12.3 Å². The van der Waals surface area contributed by atoms with Crippen molar-refractivity contribution >= 4 is 23.2 Å². The van der Waals surface area contributed by atoms with Crippen molar-refractivity contribution in [1.82, 2.24) is 20.2 Å². The van der Waals surface area contributed by atoms with Crippen molar-refractivity contribution in [2.45, 2.75) is 13.5 Å². The Morgan fingerprint density at radius 3 is 2.39 bits per heavy atom. The second-order valence-corrected chi connectivity index (χ2v) is 7.29. The summed E-state index contributed by atoms with van der Waals surface area (Å²) in [5.74, 6) is 0.453. The van der Waals surface area contributed by atoms with E-state index in [1.165, 1.54) is 4.80 Å². The quantitative estimate of drug-likeness (QED) is 0.453. The van der Waals surface area contributed by atoms with Gasteiger partial charge in [-0.1, -0.05) is 29.8 Å². The van der Waals surface area contributed by atoms with Gasteiger partial charge < -0.3 is 15.4 Å². The highest BCUT2D eigenvalue weighted by Crippen LogP contribution is 2.25. The van der Waals surface area contributed by atoms with E-state index in [9.17, 15) is 9.59 Å². The molecule has 9 heteroatoms. The zero-order valence-electron chi connectivity index (χ0n) is 18.1. The Balaban J connectivity index is 1.45. The van der Waals surface area contributed by atoms with Gasteiger partial charge in [-0.2, -0.15) is 4.80 Å². The van der Waals surface area contributed by atoms with E-state index in [1.807, 2.05) is 25.1 Å². The largest absolute Gasteiger partial charge is 0.497 e. The molecule has 2 amide bonds. The van der Waals surface area contributed by atoms with Gasteiger partial charge in [-0.25, -0.2) is 0 Å². The molecule has 4 rings (SSSR count). The number of hydrogen-bond donors (Lipinski definition) is 2. The van der Waals surface area contributed by atoms with Gasteiger partial charge in [0.05, 0.1) is 12.8 Å². The first-order chi connectivity index (χ1) is 16.0. The van der Waals surface area contributed by atoms with E-state index in [-0.39, 0.29) is 18.4 Å². The molecule has 0 atom stereocenters. The summed E-state index contributed by atoms with van der Waals surface area (Å²) in [4.78, 5) is 26.2. The van der Waals surface area contributed by atoms with E-state index in [2.05, 4.69) is 26.0 Å². The lowest BCUT2D eigenvalue weighted by Crippen LogP contribution is -2.20. The van der Waals surface area contributed by atoms with Crippen molar-refractivity contribution in [3.05, 3.63) is 83.9 Å². The van der Waals surface area contributed by atoms with Crippen molar-refractivity contribution in [3.63, 3.8) is 0 Å². The molecule has 0 saturated heterocycles. The molecule has 0 saturated carbocycles. The SMILES string of the molecule is COc1ccc(NC(=O)Cn2nnc(-c3ccccc3NC(=O)c3ccc(C)cc3)n2)cc1. The Morgan fingerprint density at radius 2 is 1.67 bits per heavy atom. The summed E-state index contributed by atoms with van der Waals surface area (Å²) < 4.78 is 5.11. The van der Waals surface area contributed by atoms with E-state index in [0.29, 0.717) is 34.1 Å². The number of aromatic nitrogens is 4. The third-order valence-electron chi connectivity index (χ3n) is 4.84. The van der Waals surface area contributed by atoms with Gasteiger partial charge in [-0.05, 0) is 60.7 Å². The van der Waals surface area contributed by atoms with Crippen LogP contribution in [-0.4, -0.2) is 39.1 Å². The fourth-order valence-corrected chi connectivity index (χ4v) is 3.11. The maximum Gasteiger partial charge on any atom is 0.255 e. The van der Waals surface area contributed by atoms with E-state index < -0.39 is 0 Å². The minimum Gasteiger partial charge on any atom is -0.497 e. The number of nitrogens with zero attached hydrogens (tertiary/aromatic N) is 4. The number of carbonyl (C=O) groups excluding carboxylic acids is 2. The smallest absolute Gasteiger partial charge is 0.255 e. The molecule has 166 valence electrons. The second-order valence-electron chi connectivity index (χ2n) is 7.29. The number of anilines is 2. The number of tetrazole rings is 1. The first kappa shape index (κ1) is 21.7. The molecule has 1 aromatic heterocycles. The lowest BCUT2D eigenvalue weighted by atomic mass is 10.1. The average Bonchev–Trinajstić information content (AvgIpc) is 3.28. The van der Waals surface area contributed by atoms with Gasteiger partial charge in [-0.3, -0.25) is 9.59 Å². The van der Waals surface area contributed by atoms with Crippen molar-refractivity contribution < 1.29 is 14.3 Å². The van der Waals surface area contributed by atoms with Gasteiger partial charge in [0.25, 0.3) is 5.91 Å². The summed E-state index contributed by atoms with van der Waals surface area (Å²) >= 11 is 0. The molecule has 2 N–H and O–H groups in total. The summed E-state index contributed by atoms with van der Waals surface area (Å²) in [5.41, 5.74) is 3.39. The average molecular weight is 442 g/mol. The molecule has 1 heterocycles. The van der Waals surface area contributed by atoms with Crippen LogP contribution in [0.15, 0.2) is 72.8 Å². The molecule has 4 aromatic rings. The van der Waals surface area contributed by atoms with Gasteiger partial charge in [0.15, 0.2) is 0 Å². The number of carbonyl (C=O) groups is 2. The second kappa shape index (κ2) is 9.73. The van der Waals surface area contributed by atoms with E-state index in [1.54, 1.807) is 61.7 Å². The molecule has 0 aliphatic carbocycles.